The van der Waals surface area contributed by atoms with E-state index in [0.29, 0.717) is 37.4 Å². The monoisotopic (exact) mass is 303 g/mol. The summed E-state index contributed by atoms with van der Waals surface area (Å²) >= 11 is 0. The fourth-order valence-corrected chi connectivity index (χ4v) is 5.49. The molecule has 0 amide bonds. The summed E-state index contributed by atoms with van der Waals surface area (Å²) in [5.74, 6) is 1.27. The fraction of sp³-hybridized carbons (Fsp3) is 1.00. The van der Waals surface area contributed by atoms with Crippen LogP contribution in [0, 0.1) is 17.8 Å². The van der Waals surface area contributed by atoms with Gasteiger partial charge in [-0.1, -0.05) is 26.7 Å². The summed E-state index contributed by atoms with van der Waals surface area (Å²) in [7, 11) is -3.39. The molecular formula is C14H29N3O2S. The van der Waals surface area contributed by atoms with E-state index in [1.807, 2.05) is 0 Å². The zero-order valence-corrected chi connectivity index (χ0v) is 13.5. The van der Waals surface area contributed by atoms with Crippen LogP contribution in [0.4, 0.5) is 0 Å². The Balaban J connectivity index is 2.01. The van der Waals surface area contributed by atoms with E-state index in [2.05, 4.69) is 18.6 Å². The van der Waals surface area contributed by atoms with Gasteiger partial charge in [0, 0.05) is 25.7 Å². The normalized spacial score (nSPS) is 31.6. The Morgan fingerprint density at radius 3 is 2.25 bits per heavy atom. The van der Waals surface area contributed by atoms with E-state index in [-0.39, 0.29) is 6.04 Å². The molecule has 1 aliphatic carbocycles. The van der Waals surface area contributed by atoms with Crippen LogP contribution >= 0.6 is 0 Å². The molecule has 0 aromatic heterocycles. The molecule has 20 heavy (non-hydrogen) atoms. The van der Waals surface area contributed by atoms with Gasteiger partial charge in [0.05, 0.1) is 0 Å². The summed E-state index contributed by atoms with van der Waals surface area (Å²) in [5.41, 5.74) is 5.80. The smallest absolute Gasteiger partial charge is 0.279 e. The molecule has 3 atom stereocenters. The van der Waals surface area contributed by atoms with Crippen LogP contribution in [0.2, 0.25) is 0 Å². The minimum Gasteiger partial charge on any atom is -0.329 e. The molecule has 118 valence electrons. The second kappa shape index (κ2) is 6.73. The van der Waals surface area contributed by atoms with Crippen molar-refractivity contribution in [3.8, 4) is 0 Å². The van der Waals surface area contributed by atoms with Crippen molar-refractivity contribution in [2.24, 2.45) is 23.5 Å². The number of nitrogens with two attached hydrogens (primary N) is 1. The Hall–Kier alpha value is -0.170. The van der Waals surface area contributed by atoms with Gasteiger partial charge < -0.3 is 5.73 Å². The summed E-state index contributed by atoms with van der Waals surface area (Å²) in [5, 5.41) is 0. The van der Waals surface area contributed by atoms with Crippen molar-refractivity contribution >= 4 is 10.2 Å². The van der Waals surface area contributed by atoms with E-state index >= 15 is 0 Å². The van der Waals surface area contributed by atoms with E-state index in [4.69, 9.17) is 5.73 Å². The average molecular weight is 303 g/mol. The van der Waals surface area contributed by atoms with Gasteiger partial charge in [-0.25, -0.2) is 0 Å². The molecule has 3 unspecified atom stereocenters. The molecule has 2 rings (SSSR count). The lowest BCUT2D eigenvalue weighted by atomic mass is 9.94. The molecular weight excluding hydrogens is 274 g/mol. The molecule has 2 fully saturated rings. The average Bonchev–Trinajstić information content (AvgIpc) is 2.88. The van der Waals surface area contributed by atoms with Crippen molar-refractivity contribution in [1.29, 1.82) is 0 Å². The summed E-state index contributed by atoms with van der Waals surface area (Å²) in [6.45, 7) is 5.89. The van der Waals surface area contributed by atoms with Gasteiger partial charge >= 0.3 is 0 Å². The highest BCUT2D eigenvalue weighted by atomic mass is 32.2. The maximum Gasteiger partial charge on any atom is 0.279 e. The van der Waals surface area contributed by atoms with Crippen molar-refractivity contribution in [2.75, 3.05) is 19.6 Å². The maximum atomic E-state index is 12.6. The Bertz CT molecular complexity index is 397. The zero-order chi connectivity index (χ0) is 14.8. The molecule has 0 bridgehead atoms. The molecule has 2 aliphatic rings. The molecule has 1 heterocycles. The molecule has 0 spiro atoms. The molecule has 1 saturated carbocycles. The molecule has 1 saturated heterocycles. The highest BCUT2D eigenvalue weighted by Crippen LogP contribution is 2.28. The van der Waals surface area contributed by atoms with Crippen molar-refractivity contribution in [3.63, 3.8) is 0 Å². The van der Waals surface area contributed by atoms with E-state index in [1.54, 1.807) is 4.31 Å². The molecule has 6 heteroatoms. The molecule has 1 aliphatic heterocycles. The predicted molar refractivity (Wildman–Crippen MR) is 81.4 cm³/mol. The van der Waals surface area contributed by atoms with Crippen LogP contribution in [0.25, 0.3) is 0 Å². The molecule has 0 aromatic rings. The Morgan fingerprint density at radius 2 is 1.75 bits per heavy atom. The van der Waals surface area contributed by atoms with Crippen LogP contribution in [0.15, 0.2) is 0 Å². The lowest BCUT2D eigenvalue weighted by molar-refractivity contribution is 0.218. The lowest BCUT2D eigenvalue weighted by Gasteiger charge is -2.35. The van der Waals surface area contributed by atoms with Gasteiger partial charge in [0.25, 0.3) is 10.2 Å². The Labute approximate surface area is 123 Å². The van der Waals surface area contributed by atoms with E-state index in [0.717, 1.165) is 19.3 Å². The van der Waals surface area contributed by atoms with E-state index < -0.39 is 10.2 Å². The summed E-state index contributed by atoms with van der Waals surface area (Å²) < 4.78 is 29.6. The van der Waals surface area contributed by atoms with Gasteiger partial charge in [-0.05, 0) is 37.0 Å². The topological polar surface area (TPSA) is 75.4 Å². The van der Waals surface area contributed by atoms with Gasteiger partial charge in [-0.15, -0.1) is 0 Å². The third-order valence-corrected chi connectivity index (χ3v) is 6.28. The number of rotatable bonds is 5. The largest absolute Gasteiger partial charge is 0.329 e. The lowest BCUT2D eigenvalue weighted by Crippen LogP contribution is -2.53. The van der Waals surface area contributed by atoms with E-state index in [9.17, 15) is 8.42 Å². The summed E-state index contributed by atoms with van der Waals surface area (Å²) in [4.78, 5) is 0. The maximum absolute atomic E-state index is 12.6. The third-order valence-electron chi connectivity index (χ3n) is 4.70. The van der Waals surface area contributed by atoms with Crippen LogP contribution < -0.4 is 10.5 Å². The number of hydrogen-bond acceptors (Lipinski definition) is 3. The third kappa shape index (κ3) is 3.93. The van der Waals surface area contributed by atoms with Crippen molar-refractivity contribution in [1.82, 2.24) is 9.03 Å². The van der Waals surface area contributed by atoms with Crippen LogP contribution in [-0.4, -0.2) is 38.4 Å². The quantitative estimate of drug-likeness (QED) is 0.804. The first-order chi connectivity index (χ1) is 9.42. The van der Waals surface area contributed by atoms with Crippen molar-refractivity contribution in [2.45, 2.75) is 52.0 Å². The van der Waals surface area contributed by atoms with Gasteiger partial charge in [-0.2, -0.15) is 17.4 Å². The fourth-order valence-electron chi connectivity index (χ4n) is 3.76. The van der Waals surface area contributed by atoms with Gasteiger partial charge in [-0.3, -0.25) is 0 Å². The number of hydrogen-bond donors (Lipinski definition) is 2. The predicted octanol–water partition coefficient (Wildman–Crippen LogP) is 1.32. The van der Waals surface area contributed by atoms with Crippen LogP contribution in [0.3, 0.4) is 0 Å². The number of nitrogens with one attached hydrogen (secondary N) is 1. The first-order valence-corrected chi connectivity index (χ1v) is 9.34. The Kier molecular flexibility index (Phi) is 5.45. The second-order valence-electron chi connectivity index (χ2n) is 6.77. The molecule has 5 nitrogen and oxygen atoms in total. The van der Waals surface area contributed by atoms with Gasteiger partial charge in [0.15, 0.2) is 0 Å². The van der Waals surface area contributed by atoms with Crippen molar-refractivity contribution < 1.29 is 8.42 Å². The van der Waals surface area contributed by atoms with E-state index in [1.165, 1.54) is 12.8 Å². The first kappa shape index (κ1) is 16.2. The zero-order valence-electron chi connectivity index (χ0n) is 12.7. The Morgan fingerprint density at radius 1 is 1.20 bits per heavy atom. The number of piperidine rings is 1. The molecule has 0 radical (unpaired) electrons. The second-order valence-corrected chi connectivity index (χ2v) is 8.47. The van der Waals surface area contributed by atoms with Gasteiger partial charge in [0.1, 0.15) is 0 Å². The van der Waals surface area contributed by atoms with Crippen LogP contribution in [-0.2, 0) is 10.2 Å². The summed E-state index contributed by atoms with van der Waals surface area (Å²) in [6, 6.07) is -0.102. The first-order valence-electron chi connectivity index (χ1n) is 7.90. The highest BCUT2D eigenvalue weighted by molar-refractivity contribution is 7.87. The van der Waals surface area contributed by atoms with Gasteiger partial charge in [0.2, 0.25) is 0 Å². The minimum atomic E-state index is -3.39. The minimum absolute atomic E-state index is 0.102. The standard InChI is InChI=1S/C14H29N3O2S/c1-11-7-12(2)10-17(9-11)20(18,19)16-14(8-15)13-5-3-4-6-13/h11-14,16H,3-10,15H2,1-2H3. The summed E-state index contributed by atoms with van der Waals surface area (Å²) in [6.07, 6.45) is 5.69. The SMILES string of the molecule is CC1CC(C)CN(S(=O)(=O)NC(CN)C2CCCC2)C1. The molecule has 0 aromatic carbocycles. The van der Waals surface area contributed by atoms with Crippen LogP contribution in [0.1, 0.15) is 46.0 Å². The van der Waals surface area contributed by atoms with Crippen LogP contribution in [0.5, 0.6) is 0 Å². The van der Waals surface area contributed by atoms with Crippen molar-refractivity contribution in [3.05, 3.63) is 0 Å². The highest BCUT2D eigenvalue weighted by Gasteiger charge is 2.34. The number of nitrogens with zero attached hydrogens (tertiary/aromatic N) is 1. The molecule has 3 N–H and O–H groups in total.